The smallest absolute Gasteiger partial charge is 0.265 e. The summed E-state index contributed by atoms with van der Waals surface area (Å²) in [5, 5.41) is 2.87. The lowest BCUT2D eigenvalue weighted by Crippen LogP contribution is -2.10. The second kappa shape index (κ2) is 8.01. The number of anilines is 2. The predicted octanol–water partition coefficient (Wildman–Crippen LogP) is 4.28. The van der Waals surface area contributed by atoms with Gasteiger partial charge in [0.15, 0.2) is 11.5 Å². The quantitative estimate of drug-likeness (QED) is 0.620. The minimum Gasteiger partial charge on any atom is -0.493 e. The van der Waals surface area contributed by atoms with Crippen LogP contribution in [-0.2, 0) is 0 Å². The molecular formula is C20H20N2O4S. The van der Waals surface area contributed by atoms with Crippen LogP contribution in [-0.4, -0.2) is 27.2 Å². The second-order valence-electron chi connectivity index (χ2n) is 5.66. The van der Waals surface area contributed by atoms with Crippen LogP contribution in [0.15, 0.2) is 48.5 Å². The molecule has 140 valence electrons. The molecule has 0 radical (unpaired) electrons. The van der Waals surface area contributed by atoms with Crippen molar-refractivity contribution in [2.45, 2.75) is 0 Å². The Hall–Kier alpha value is -3.19. The standard InChI is InChI=1S/C20H20N2O4S/c1-24-15-10-14(11-16(25-2)19(15)26-3)22-20(23)18-8-7-17(27-18)12-5-4-6-13(21)9-12/h4-11H,21H2,1-3H3,(H,22,23). The molecule has 0 saturated carbocycles. The van der Waals surface area contributed by atoms with E-state index in [1.165, 1.54) is 32.7 Å². The molecule has 0 aliphatic carbocycles. The van der Waals surface area contributed by atoms with Gasteiger partial charge >= 0.3 is 0 Å². The van der Waals surface area contributed by atoms with Crippen LogP contribution < -0.4 is 25.3 Å². The Bertz CT molecular complexity index is 943. The third kappa shape index (κ3) is 3.98. The molecule has 3 rings (SSSR count). The Labute approximate surface area is 161 Å². The summed E-state index contributed by atoms with van der Waals surface area (Å²) in [5.74, 6) is 1.19. The maximum atomic E-state index is 12.6. The highest BCUT2D eigenvalue weighted by atomic mass is 32.1. The molecule has 1 heterocycles. The fraction of sp³-hybridized carbons (Fsp3) is 0.150. The van der Waals surface area contributed by atoms with E-state index in [1.54, 1.807) is 18.2 Å². The largest absolute Gasteiger partial charge is 0.493 e. The van der Waals surface area contributed by atoms with Gasteiger partial charge in [0.25, 0.3) is 5.91 Å². The fourth-order valence-corrected chi connectivity index (χ4v) is 3.55. The van der Waals surface area contributed by atoms with Crippen LogP contribution in [0.25, 0.3) is 10.4 Å². The van der Waals surface area contributed by atoms with E-state index in [1.807, 2.05) is 30.3 Å². The van der Waals surface area contributed by atoms with E-state index in [2.05, 4.69) is 5.32 Å². The predicted molar refractivity (Wildman–Crippen MR) is 108 cm³/mol. The number of hydrogen-bond acceptors (Lipinski definition) is 6. The molecule has 3 aromatic rings. The van der Waals surface area contributed by atoms with E-state index in [9.17, 15) is 4.79 Å². The summed E-state index contributed by atoms with van der Waals surface area (Å²) >= 11 is 1.39. The monoisotopic (exact) mass is 384 g/mol. The minimum absolute atomic E-state index is 0.218. The van der Waals surface area contributed by atoms with Crippen LogP contribution in [0.5, 0.6) is 17.2 Å². The molecule has 3 N–H and O–H groups in total. The van der Waals surface area contributed by atoms with E-state index in [0.29, 0.717) is 33.5 Å². The molecule has 1 amide bonds. The first-order valence-electron chi connectivity index (χ1n) is 8.12. The first-order valence-corrected chi connectivity index (χ1v) is 8.94. The van der Waals surface area contributed by atoms with Gasteiger partial charge in [-0.2, -0.15) is 0 Å². The molecule has 0 aliphatic rings. The van der Waals surface area contributed by atoms with Crippen molar-refractivity contribution in [3.05, 3.63) is 53.4 Å². The lowest BCUT2D eigenvalue weighted by molar-refractivity contribution is 0.103. The van der Waals surface area contributed by atoms with Crippen LogP contribution >= 0.6 is 11.3 Å². The van der Waals surface area contributed by atoms with Crippen molar-refractivity contribution < 1.29 is 19.0 Å². The van der Waals surface area contributed by atoms with Crippen LogP contribution in [0.4, 0.5) is 11.4 Å². The number of thiophene rings is 1. The zero-order valence-electron chi connectivity index (χ0n) is 15.2. The third-order valence-electron chi connectivity index (χ3n) is 3.92. The maximum Gasteiger partial charge on any atom is 0.265 e. The number of nitrogen functional groups attached to an aromatic ring is 1. The van der Waals surface area contributed by atoms with E-state index in [4.69, 9.17) is 19.9 Å². The van der Waals surface area contributed by atoms with Crippen molar-refractivity contribution in [3.8, 4) is 27.7 Å². The first-order chi connectivity index (χ1) is 13.0. The summed E-state index contributed by atoms with van der Waals surface area (Å²) < 4.78 is 15.9. The molecule has 1 aromatic heterocycles. The number of carbonyl (C=O) groups excluding carboxylic acids is 1. The van der Waals surface area contributed by atoms with E-state index in [0.717, 1.165) is 10.4 Å². The molecule has 0 fully saturated rings. The number of hydrogen-bond donors (Lipinski definition) is 2. The Kier molecular flexibility index (Phi) is 5.52. The zero-order chi connectivity index (χ0) is 19.4. The number of ether oxygens (including phenoxy) is 3. The Morgan fingerprint density at radius 1 is 0.963 bits per heavy atom. The molecule has 0 spiro atoms. The fourth-order valence-electron chi connectivity index (χ4n) is 2.65. The van der Waals surface area contributed by atoms with Crippen LogP contribution in [0.2, 0.25) is 0 Å². The average molecular weight is 384 g/mol. The van der Waals surface area contributed by atoms with Gasteiger partial charge in [-0.15, -0.1) is 11.3 Å². The van der Waals surface area contributed by atoms with Gasteiger partial charge in [0, 0.05) is 28.4 Å². The Balaban J connectivity index is 1.84. The number of methoxy groups -OCH3 is 3. The molecule has 0 atom stereocenters. The van der Waals surface area contributed by atoms with Gasteiger partial charge in [-0.3, -0.25) is 4.79 Å². The normalized spacial score (nSPS) is 10.3. The molecule has 0 unspecified atom stereocenters. The number of amides is 1. The molecule has 0 saturated heterocycles. The summed E-state index contributed by atoms with van der Waals surface area (Å²) in [5.41, 5.74) is 8.05. The van der Waals surface area contributed by atoms with Crippen molar-refractivity contribution in [3.63, 3.8) is 0 Å². The van der Waals surface area contributed by atoms with Gasteiger partial charge in [0.2, 0.25) is 5.75 Å². The van der Waals surface area contributed by atoms with Gasteiger partial charge < -0.3 is 25.3 Å². The molecule has 7 heteroatoms. The summed E-state index contributed by atoms with van der Waals surface area (Å²) in [6, 6.07) is 14.6. The highest BCUT2D eigenvalue weighted by Crippen LogP contribution is 2.40. The van der Waals surface area contributed by atoms with Gasteiger partial charge in [0.1, 0.15) is 0 Å². The topological polar surface area (TPSA) is 82.8 Å². The van der Waals surface area contributed by atoms with Gasteiger partial charge in [0.05, 0.1) is 26.2 Å². The van der Waals surface area contributed by atoms with Crippen molar-refractivity contribution in [1.29, 1.82) is 0 Å². The van der Waals surface area contributed by atoms with Crippen LogP contribution in [0.3, 0.4) is 0 Å². The minimum atomic E-state index is -0.218. The Morgan fingerprint density at radius 2 is 1.67 bits per heavy atom. The van der Waals surface area contributed by atoms with Crippen molar-refractivity contribution in [2.24, 2.45) is 0 Å². The molecule has 0 bridgehead atoms. The summed E-state index contributed by atoms with van der Waals surface area (Å²) in [6.45, 7) is 0. The number of nitrogens with one attached hydrogen (secondary N) is 1. The summed E-state index contributed by atoms with van der Waals surface area (Å²) in [7, 11) is 4.59. The lowest BCUT2D eigenvalue weighted by atomic mass is 10.2. The van der Waals surface area contributed by atoms with Crippen molar-refractivity contribution in [2.75, 3.05) is 32.4 Å². The van der Waals surface area contributed by atoms with Crippen molar-refractivity contribution in [1.82, 2.24) is 0 Å². The summed E-state index contributed by atoms with van der Waals surface area (Å²) in [6.07, 6.45) is 0. The number of benzene rings is 2. The van der Waals surface area contributed by atoms with E-state index in [-0.39, 0.29) is 5.91 Å². The maximum absolute atomic E-state index is 12.6. The van der Waals surface area contributed by atoms with Gasteiger partial charge in [-0.1, -0.05) is 12.1 Å². The van der Waals surface area contributed by atoms with Crippen molar-refractivity contribution >= 4 is 28.6 Å². The molecule has 2 aromatic carbocycles. The van der Waals surface area contributed by atoms with Crippen LogP contribution in [0, 0.1) is 0 Å². The molecular weight excluding hydrogens is 364 g/mol. The second-order valence-corrected chi connectivity index (χ2v) is 6.74. The average Bonchev–Trinajstić information content (AvgIpc) is 3.17. The third-order valence-corrected chi connectivity index (χ3v) is 5.06. The SMILES string of the molecule is COc1cc(NC(=O)c2ccc(-c3cccc(N)c3)s2)cc(OC)c1OC. The molecule has 6 nitrogen and oxygen atoms in total. The number of carbonyl (C=O) groups is 1. The summed E-state index contributed by atoms with van der Waals surface area (Å²) in [4.78, 5) is 14.2. The van der Waals surface area contributed by atoms with Gasteiger partial charge in [-0.05, 0) is 29.8 Å². The number of rotatable bonds is 6. The van der Waals surface area contributed by atoms with Gasteiger partial charge in [-0.25, -0.2) is 0 Å². The van der Waals surface area contributed by atoms with E-state index >= 15 is 0 Å². The zero-order valence-corrected chi connectivity index (χ0v) is 16.1. The van der Waals surface area contributed by atoms with Crippen LogP contribution in [0.1, 0.15) is 9.67 Å². The highest BCUT2D eigenvalue weighted by molar-refractivity contribution is 7.17. The lowest BCUT2D eigenvalue weighted by Gasteiger charge is -2.14. The highest BCUT2D eigenvalue weighted by Gasteiger charge is 2.16. The number of nitrogens with two attached hydrogens (primary N) is 1. The van der Waals surface area contributed by atoms with E-state index < -0.39 is 0 Å². The first kappa shape index (κ1) is 18.6. The molecule has 0 aliphatic heterocycles. The Morgan fingerprint density at radius 3 is 2.26 bits per heavy atom. The molecule has 27 heavy (non-hydrogen) atoms.